The smallest absolute Gasteiger partial charge is 0.341 e. The fraction of sp³-hybridized carbons (Fsp3) is 0.619. The molecule has 26 heavy (non-hydrogen) atoms. The second-order valence-corrected chi connectivity index (χ2v) is 9.57. The molecule has 5 aliphatic rings. The number of nitrogens with zero attached hydrogens (tertiary/aromatic N) is 1. The van der Waals surface area contributed by atoms with Crippen LogP contribution in [-0.2, 0) is 16.1 Å². The molecular formula is C21H24BrNO3. The lowest BCUT2D eigenvalue weighted by Crippen LogP contribution is -2.50. The van der Waals surface area contributed by atoms with E-state index >= 15 is 0 Å². The molecule has 0 aromatic heterocycles. The van der Waals surface area contributed by atoms with Gasteiger partial charge in [-0.2, -0.15) is 0 Å². The van der Waals surface area contributed by atoms with Gasteiger partial charge < -0.3 is 9.57 Å². The number of carbonyl (C=O) groups excluding carboxylic acids is 1. The predicted molar refractivity (Wildman–Crippen MR) is 102 cm³/mol. The average Bonchev–Trinajstić information content (AvgIpc) is 3.04. The van der Waals surface area contributed by atoms with Crippen molar-refractivity contribution in [3.05, 3.63) is 27.7 Å². The van der Waals surface area contributed by atoms with Crippen molar-refractivity contribution in [1.82, 2.24) is 0 Å². The van der Waals surface area contributed by atoms with Crippen LogP contribution in [0.5, 0.6) is 5.75 Å². The van der Waals surface area contributed by atoms with Gasteiger partial charge in [0.1, 0.15) is 5.75 Å². The van der Waals surface area contributed by atoms with Gasteiger partial charge >= 0.3 is 5.97 Å². The SMILES string of the molecule is COc1ccc(Br)c2c1/C(=N\OC(=O)C13CC4CC(CC(C4)C1)C3)CC2. The monoisotopic (exact) mass is 417 g/mol. The van der Waals surface area contributed by atoms with Crippen molar-refractivity contribution in [1.29, 1.82) is 0 Å². The van der Waals surface area contributed by atoms with E-state index in [1.165, 1.54) is 24.8 Å². The third-order valence-electron chi connectivity index (χ3n) is 7.05. The molecule has 6 rings (SSSR count). The lowest BCUT2D eigenvalue weighted by Gasteiger charge is -2.54. The fourth-order valence-electron chi connectivity index (χ4n) is 6.35. The first-order chi connectivity index (χ1) is 12.6. The average molecular weight is 418 g/mol. The molecule has 0 aliphatic heterocycles. The molecule has 0 saturated heterocycles. The Morgan fingerprint density at radius 1 is 1.12 bits per heavy atom. The highest BCUT2D eigenvalue weighted by atomic mass is 79.9. The first-order valence-electron chi connectivity index (χ1n) is 9.72. The Morgan fingerprint density at radius 2 is 1.77 bits per heavy atom. The molecule has 138 valence electrons. The topological polar surface area (TPSA) is 47.9 Å². The molecule has 5 aliphatic carbocycles. The summed E-state index contributed by atoms with van der Waals surface area (Å²) in [5, 5.41) is 4.34. The van der Waals surface area contributed by atoms with Crippen molar-refractivity contribution in [3.63, 3.8) is 0 Å². The molecule has 0 spiro atoms. The highest BCUT2D eigenvalue weighted by Gasteiger charge is 2.55. The van der Waals surface area contributed by atoms with Crippen LogP contribution in [0.2, 0.25) is 0 Å². The van der Waals surface area contributed by atoms with Crippen LogP contribution < -0.4 is 4.74 Å². The second kappa shape index (κ2) is 6.08. The Balaban J connectivity index is 1.39. The summed E-state index contributed by atoms with van der Waals surface area (Å²) >= 11 is 3.61. The van der Waals surface area contributed by atoms with Gasteiger partial charge in [-0.05, 0) is 86.8 Å². The van der Waals surface area contributed by atoms with Crippen molar-refractivity contribution in [2.45, 2.75) is 51.4 Å². The fourth-order valence-corrected chi connectivity index (χ4v) is 6.87. The minimum absolute atomic E-state index is 0.0912. The Hall–Kier alpha value is -1.36. The zero-order chi connectivity index (χ0) is 17.9. The largest absolute Gasteiger partial charge is 0.496 e. The van der Waals surface area contributed by atoms with Crippen LogP contribution in [0.4, 0.5) is 0 Å². The van der Waals surface area contributed by atoms with Gasteiger partial charge in [0.05, 0.1) is 18.2 Å². The summed E-state index contributed by atoms with van der Waals surface area (Å²) in [6.07, 6.45) is 8.65. The Labute approximate surface area is 162 Å². The van der Waals surface area contributed by atoms with Gasteiger partial charge in [0.25, 0.3) is 0 Å². The molecule has 0 N–H and O–H groups in total. The summed E-state index contributed by atoms with van der Waals surface area (Å²) in [6, 6.07) is 3.94. The third-order valence-corrected chi connectivity index (χ3v) is 7.79. The Morgan fingerprint density at radius 3 is 2.38 bits per heavy atom. The summed E-state index contributed by atoms with van der Waals surface area (Å²) < 4.78 is 6.57. The number of halogens is 1. The summed E-state index contributed by atoms with van der Waals surface area (Å²) in [4.78, 5) is 18.6. The number of hydrogen-bond acceptors (Lipinski definition) is 4. The van der Waals surface area contributed by atoms with Crippen LogP contribution in [0.3, 0.4) is 0 Å². The highest BCUT2D eigenvalue weighted by Crippen LogP contribution is 2.60. The molecule has 4 nitrogen and oxygen atoms in total. The molecule has 0 radical (unpaired) electrons. The molecule has 0 amide bonds. The van der Waals surface area contributed by atoms with E-state index in [1.807, 2.05) is 12.1 Å². The number of hydrogen-bond donors (Lipinski definition) is 0. The standard InChI is InChI=1S/C21H24BrNO3/c1-25-18-5-3-16(22)15-2-4-17(19(15)18)23-26-20(24)21-9-12-6-13(10-21)8-14(7-12)11-21/h3,5,12-14H,2,4,6-11H2,1H3/b23-17-. The predicted octanol–water partition coefficient (Wildman–Crippen LogP) is 4.87. The van der Waals surface area contributed by atoms with Crippen molar-refractivity contribution >= 4 is 27.6 Å². The van der Waals surface area contributed by atoms with Crippen molar-refractivity contribution in [3.8, 4) is 5.75 Å². The maximum Gasteiger partial charge on any atom is 0.341 e. The zero-order valence-corrected chi connectivity index (χ0v) is 16.7. The van der Waals surface area contributed by atoms with Crippen LogP contribution in [0.25, 0.3) is 0 Å². The maximum atomic E-state index is 13.0. The maximum absolute atomic E-state index is 13.0. The van der Waals surface area contributed by atoms with Crippen LogP contribution >= 0.6 is 15.9 Å². The van der Waals surface area contributed by atoms with Crippen LogP contribution in [0, 0.1) is 23.2 Å². The van der Waals surface area contributed by atoms with Gasteiger partial charge in [-0.1, -0.05) is 21.1 Å². The first kappa shape index (κ1) is 16.8. The van der Waals surface area contributed by atoms with Gasteiger partial charge in [-0.3, -0.25) is 0 Å². The molecule has 0 heterocycles. The van der Waals surface area contributed by atoms with Gasteiger partial charge in [0.15, 0.2) is 0 Å². The number of benzene rings is 1. The minimum atomic E-state index is -0.262. The van der Waals surface area contributed by atoms with Crippen molar-refractivity contribution in [2.75, 3.05) is 7.11 Å². The van der Waals surface area contributed by atoms with E-state index in [0.29, 0.717) is 0 Å². The second-order valence-electron chi connectivity index (χ2n) is 8.72. The number of fused-ring (bicyclic) bond motifs is 1. The van der Waals surface area contributed by atoms with Gasteiger partial charge in [0, 0.05) is 10.0 Å². The number of carbonyl (C=O) groups is 1. The summed E-state index contributed by atoms with van der Waals surface area (Å²) in [7, 11) is 1.67. The zero-order valence-electron chi connectivity index (χ0n) is 15.1. The van der Waals surface area contributed by atoms with E-state index in [0.717, 1.165) is 71.4 Å². The first-order valence-corrected chi connectivity index (χ1v) is 10.5. The molecule has 4 fully saturated rings. The van der Waals surface area contributed by atoms with Crippen LogP contribution in [0.1, 0.15) is 56.1 Å². The minimum Gasteiger partial charge on any atom is -0.496 e. The Bertz CT molecular complexity index is 765. The van der Waals surface area contributed by atoms with Gasteiger partial charge in [-0.25, -0.2) is 4.79 Å². The summed E-state index contributed by atoms with van der Waals surface area (Å²) in [5.74, 6) is 2.89. The number of rotatable bonds is 3. The van der Waals surface area contributed by atoms with E-state index in [1.54, 1.807) is 7.11 Å². The molecule has 4 bridgehead atoms. The number of methoxy groups -OCH3 is 1. The highest BCUT2D eigenvalue weighted by molar-refractivity contribution is 9.10. The molecule has 0 unspecified atom stereocenters. The van der Waals surface area contributed by atoms with Crippen LogP contribution in [0.15, 0.2) is 21.8 Å². The molecule has 1 aromatic carbocycles. The molecule has 4 saturated carbocycles. The van der Waals surface area contributed by atoms with E-state index in [9.17, 15) is 4.79 Å². The molecular weight excluding hydrogens is 394 g/mol. The quantitative estimate of drug-likeness (QED) is 0.520. The lowest BCUT2D eigenvalue weighted by molar-refractivity contribution is -0.171. The lowest BCUT2D eigenvalue weighted by atomic mass is 9.49. The van der Waals surface area contributed by atoms with Crippen molar-refractivity contribution in [2.24, 2.45) is 28.3 Å². The van der Waals surface area contributed by atoms with Crippen LogP contribution in [-0.4, -0.2) is 18.8 Å². The van der Waals surface area contributed by atoms with E-state index in [-0.39, 0.29) is 11.4 Å². The number of ether oxygens (including phenoxy) is 1. The Kier molecular flexibility index (Phi) is 3.93. The van der Waals surface area contributed by atoms with E-state index < -0.39 is 0 Å². The summed E-state index contributed by atoms with van der Waals surface area (Å²) in [6.45, 7) is 0. The van der Waals surface area contributed by atoms with Gasteiger partial charge in [0.2, 0.25) is 0 Å². The normalized spacial score (nSPS) is 35.6. The molecule has 1 aromatic rings. The molecule has 5 heteroatoms. The van der Waals surface area contributed by atoms with E-state index in [4.69, 9.17) is 9.57 Å². The van der Waals surface area contributed by atoms with Gasteiger partial charge in [-0.15, -0.1) is 0 Å². The summed E-state index contributed by atoms with van der Waals surface area (Å²) in [5.41, 5.74) is 2.74. The molecule has 0 atom stereocenters. The van der Waals surface area contributed by atoms with Crippen molar-refractivity contribution < 1.29 is 14.4 Å². The van der Waals surface area contributed by atoms with E-state index in [2.05, 4.69) is 21.1 Å². The number of oxime groups is 1. The third kappa shape index (κ3) is 2.54.